The third-order valence-corrected chi connectivity index (χ3v) is 5.93. The maximum Gasteiger partial charge on any atom is 0.417 e. The molecule has 0 fully saturated rings. The molecular weight excluding hydrogens is 495 g/mol. The summed E-state index contributed by atoms with van der Waals surface area (Å²) in [5, 5.41) is 18.8. The van der Waals surface area contributed by atoms with Crippen molar-refractivity contribution in [3.05, 3.63) is 85.1 Å². The molecule has 1 unspecified atom stereocenters. The van der Waals surface area contributed by atoms with Crippen LogP contribution in [0.3, 0.4) is 0 Å². The first-order valence-electron chi connectivity index (χ1n) is 10.1. The lowest BCUT2D eigenvalue weighted by Crippen LogP contribution is -2.42. The van der Waals surface area contributed by atoms with Gasteiger partial charge in [-0.25, -0.2) is 9.59 Å². The summed E-state index contributed by atoms with van der Waals surface area (Å²) in [7, 11) is 0. The Morgan fingerprint density at radius 3 is 2.54 bits per heavy atom. The van der Waals surface area contributed by atoms with E-state index in [1.165, 1.54) is 29.2 Å². The van der Waals surface area contributed by atoms with Crippen LogP contribution in [0.4, 0.5) is 18.9 Å². The van der Waals surface area contributed by atoms with Crippen molar-refractivity contribution in [2.75, 3.05) is 11.4 Å². The second kappa shape index (κ2) is 8.78. The van der Waals surface area contributed by atoms with Gasteiger partial charge in [0.25, 0.3) is 12.0 Å². The van der Waals surface area contributed by atoms with Crippen molar-refractivity contribution >= 4 is 23.3 Å². The van der Waals surface area contributed by atoms with E-state index in [0.29, 0.717) is 16.8 Å². The van der Waals surface area contributed by atoms with Crippen LogP contribution in [0.25, 0.3) is 5.69 Å². The number of carbonyl (C=O) groups is 1. The first kappa shape index (κ1) is 24.4. The highest BCUT2D eigenvalue weighted by Gasteiger charge is 2.34. The summed E-state index contributed by atoms with van der Waals surface area (Å²) in [6.07, 6.45) is -5.21. The largest absolute Gasteiger partial charge is 0.477 e. The minimum Gasteiger partial charge on any atom is -0.477 e. The molecule has 9 nitrogen and oxygen atoms in total. The highest BCUT2D eigenvalue weighted by Crippen LogP contribution is 2.38. The molecule has 2 heterocycles. The number of halogens is 4. The van der Waals surface area contributed by atoms with Gasteiger partial charge < -0.3 is 19.8 Å². The molecule has 0 aliphatic carbocycles. The van der Waals surface area contributed by atoms with Gasteiger partial charge in [0.05, 0.1) is 28.5 Å². The topological polar surface area (TPSA) is 114 Å². The number of hydrogen-bond acceptors (Lipinski definition) is 6. The Kier molecular flexibility index (Phi) is 6.11. The zero-order valence-corrected chi connectivity index (χ0v) is 18.7. The van der Waals surface area contributed by atoms with Crippen LogP contribution in [0, 0.1) is 0 Å². The molecule has 3 aromatic rings. The number of aliphatic hydroxyl groups is 1. The third-order valence-electron chi connectivity index (χ3n) is 5.48. The fourth-order valence-corrected chi connectivity index (χ4v) is 4.06. The van der Waals surface area contributed by atoms with Gasteiger partial charge in [-0.2, -0.15) is 13.2 Å². The molecule has 0 bridgehead atoms. The highest BCUT2D eigenvalue weighted by molar-refractivity contribution is 6.32. The number of rotatable bonds is 5. The van der Waals surface area contributed by atoms with E-state index in [1.54, 1.807) is 6.92 Å². The van der Waals surface area contributed by atoms with E-state index in [1.807, 2.05) is 0 Å². The molecule has 0 radical (unpaired) electrons. The Balaban J connectivity index is 1.87. The van der Waals surface area contributed by atoms with Crippen molar-refractivity contribution in [3.63, 3.8) is 0 Å². The summed E-state index contributed by atoms with van der Waals surface area (Å²) in [4.78, 5) is 39.2. The average Bonchev–Trinajstić information content (AvgIpc) is 3.10. The maximum absolute atomic E-state index is 13.2. The number of carboxylic acids is 1. The number of carboxylic acid groups (broad SMARTS) is 1. The maximum atomic E-state index is 13.2. The SMILES string of the molecule is CCN1c2ccc(-n3cc(C(=O)O)c(=O)n(Cc4cccc(C(F)(F)F)c4Cl)c3=O)cc2OC1O. The van der Waals surface area contributed by atoms with E-state index >= 15 is 0 Å². The normalized spacial score (nSPS) is 15.1. The van der Waals surface area contributed by atoms with Gasteiger partial charge in [0, 0.05) is 18.8 Å². The van der Waals surface area contributed by atoms with E-state index in [0.717, 1.165) is 22.9 Å². The molecule has 184 valence electrons. The highest BCUT2D eigenvalue weighted by atomic mass is 35.5. The van der Waals surface area contributed by atoms with E-state index in [-0.39, 0.29) is 17.0 Å². The number of anilines is 1. The molecule has 0 saturated heterocycles. The monoisotopic (exact) mass is 511 g/mol. The van der Waals surface area contributed by atoms with Crippen LogP contribution in [-0.2, 0) is 12.7 Å². The van der Waals surface area contributed by atoms with Gasteiger partial charge in [0.2, 0.25) is 0 Å². The first-order valence-corrected chi connectivity index (χ1v) is 10.5. The lowest BCUT2D eigenvalue weighted by atomic mass is 10.1. The molecule has 0 amide bonds. The second-order valence-electron chi connectivity index (χ2n) is 7.55. The quantitative estimate of drug-likeness (QED) is 0.541. The van der Waals surface area contributed by atoms with E-state index in [2.05, 4.69) is 0 Å². The lowest BCUT2D eigenvalue weighted by Gasteiger charge is -2.18. The van der Waals surface area contributed by atoms with Gasteiger partial charge >= 0.3 is 17.8 Å². The summed E-state index contributed by atoms with van der Waals surface area (Å²) in [5.74, 6) is -1.43. The van der Waals surface area contributed by atoms with Gasteiger partial charge in [0.15, 0.2) is 5.75 Å². The Morgan fingerprint density at radius 2 is 1.91 bits per heavy atom. The number of fused-ring (bicyclic) bond motifs is 1. The zero-order valence-electron chi connectivity index (χ0n) is 17.9. The molecule has 2 N–H and O–H groups in total. The van der Waals surface area contributed by atoms with E-state index in [9.17, 15) is 37.8 Å². The Bertz CT molecular complexity index is 1450. The zero-order chi connectivity index (χ0) is 25.7. The number of aromatic nitrogens is 2. The average molecular weight is 512 g/mol. The minimum atomic E-state index is -4.78. The fraction of sp³-hybridized carbons (Fsp3) is 0.227. The first-order chi connectivity index (χ1) is 16.4. The van der Waals surface area contributed by atoms with E-state index in [4.69, 9.17) is 16.3 Å². The number of aliphatic hydroxyl groups excluding tert-OH is 1. The van der Waals surface area contributed by atoms with Crippen LogP contribution < -0.4 is 20.9 Å². The summed E-state index contributed by atoms with van der Waals surface area (Å²) in [5.41, 5.74) is -3.74. The Labute approximate surface area is 199 Å². The van der Waals surface area contributed by atoms with Crippen molar-refractivity contribution in [2.24, 2.45) is 0 Å². The van der Waals surface area contributed by atoms with Gasteiger partial charge in [-0.1, -0.05) is 23.7 Å². The molecule has 0 saturated carbocycles. The minimum absolute atomic E-state index is 0.102. The standard InChI is InChI=1S/C22H17ClF3N3O6/c1-2-27-15-7-6-12(8-16(15)35-21(27)34)28-10-13(19(31)32)18(30)29(20(28)33)9-11-4-3-5-14(17(11)23)22(24,25)26/h3-8,10,21,34H,2,9H2,1H3,(H,31,32). The van der Waals surface area contributed by atoms with Crippen LogP contribution in [-0.4, -0.2) is 38.3 Å². The van der Waals surface area contributed by atoms with Crippen molar-refractivity contribution in [1.82, 2.24) is 9.13 Å². The van der Waals surface area contributed by atoms with Gasteiger partial charge in [-0.05, 0) is 30.7 Å². The molecule has 1 aliphatic rings. The van der Waals surface area contributed by atoms with Crippen LogP contribution in [0.5, 0.6) is 5.75 Å². The van der Waals surface area contributed by atoms with Crippen molar-refractivity contribution in [1.29, 1.82) is 0 Å². The van der Waals surface area contributed by atoms with Crippen LogP contribution in [0.15, 0.2) is 52.2 Å². The number of hydrogen-bond donors (Lipinski definition) is 2. The van der Waals surface area contributed by atoms with Gasteiger partial charge in [-0.3, -0.25) is 13.9 Å². The fourth-order valence-electron chi connectivity index (χ4n) is 3.77. The van der Waals surface area contributed by atoms with Gasteiger partial charge in [0.1, 0.15) is 5.56 Å². The van der Waals surface area contributed by atoms with Crippen molar-refractivity contribution in [2.45, 2.75) is 26.1 Å². The predicted molar refractivity (Wildman–Crippen MR) is 118 cm³/mol. The summed E-state index contributed by atoms with van der Waals surface area (Å²) in [6.45, 7) is 1.50. The molecular formula is C22H17ClF3N3O6. The molecule has 1 aromatic heterocycles. The summed E-state index contributed by atoms with van der Waals surface area (Å²) in [6, 6.07) is 7.37. The molecule has 0 spiro atoms. The second-order valence-corrected chi connectivity index (χ2v) is 7.93. The molecule has 13 heteroatoms. The summed E-state index contributed by atoms with van der Waals surface area (Å²) >= 11 is 5.91. The number of nitrogens with zero attached hydrogens (tertiary/aromatic N) is 3. The van der Waals surface area contributed by atoms with Crippen LogP contribution in [0.2, 0.25) is 5.02 Å². The van der Waals surface area contributed by atoms with E-state index < -0.39 is 52.5 Å². The van der Waals surface area contributed by atoms with Crippen molar-refractivity contribution in [3.8, 4) is 11.4 Å². The lowest BCUT2D eigenvalue weighted by molar-refractivity contribution is -0.137. The van der Waals surface area contributed by atoms with Crippen LogP contribution in [0.1, 0.15) is 28.4 Å². The Morgan fingerprint density at radius 1 is 1.20 bits per heavy atom. The third kappa shape index (κ3) is 4.26. The molecule has 1 aliphatic heterocycles. The number of alkyl halides is 3. The number of ether oxygens (including phenoxy) is 1. The molecule has 4 rings (SSSR count). The molecule has 2 aromatic carbocycles. The molecule has 35 heavy (non-hydrogen) atoms. The molecule has 1 atom stereocenters. The van der Waals surface area contributed by atoms with Gasteiger partial charge in [-0.15, -0.1) is 0 Å². The van der Waals surface area contributed by atoms with Crippen LogP contribution >= 0.6 is 11.6 Å². The number of benzene rings is 2. The smallest absolute Gasteiger partial charge is 0.417 e. The Hall–Kier alpha value is -3.77. The number of aromatic carboxylic acids is 1. The predicted octanol–water partition coefficient (Wildman–Crippen LogP) is 2.91. The van der Waals surface area contributed by atoms with Crippen molar-refractivity contribution < 1.29 is 32.9 Å². The summed E-state index contributed by atoms with van der Waals surface area (Å²) < 4.78 is 46.4.